The van der Waals surface area contributed by atoms with Gasteiger partial charge in [0.05, 0.1) is 17.1 Å². The molecule has 1 aromatic heterocycles. The van der Waals surface area contributed by atoms with Gasteiger partial charge in [0.2, 0.25) is 5.91 Å². The number of hydrogen-bond donors (Lipinski definition) is 1. The third-order valence-corrected chi connectivity index (χ3v) is 5.81. The number of thioether (sulfide) groups is 1. The third kappa shape index (κ3) is 3.46. The number of rotatable bonds is 5. The Morgan fingerprint density at radius 1 is 1.28 bits per heavy atom. The van der Waals surface area contributed by atoms with Crippen LogP contribution in [0.15, 0.2) is 30.3 Å². The molecule has 3 rings (SSSR count). The normalized spacial score (nSPS) is 18.2. The molecule has 0 aliphatic carbocycles. The standard InChI is InChI=1S/C19H25N3O2S/c1-13-17(14(2)22(20-13)15-8-6-5-7-9-15)18-21(16(24)10-25-18)11-19(3,4)12-23/h5-9,18,23H,10-12H2,1-4H3. The summed E-state index contributed by atoms with van der Waals surface area (Å²) < 4.78 is 1.95. The van der Waals surface area contributed by atoms with Gasteiger partial charge in [-0.3, -0.25) is 4.79 Å². The van der Waals surface area contributed by atoms with E-state index < -0.39 is 0 Å². The minimum Gasteiger partial charge on any atom is -0.396 e. The summed E-state index contributed by atoms with van der Waals surface area (Å²) in [4.78, 5) is 14.3. The molecule has 1 saturated heterocycles. The van der Waals surface area contributed by atoms with E-state index in [0.717, 1.165) is 22.6 Å². The lowest BCUT2D eigenvalue weighted by atomic mass is 9.93. The van der Waals surface area contributed by atoms with E-state index in [1.807, 2.05) is 60.7 Å². The Morgan fingerprint density at radius 3 is 2.60 bits per heavy atom. The monoisotopic (exact) mass is 359 g/mol. The van der Waals surface area contributed by atoms with E-state index in [2.05, 4.69) is 6.92 Å². The van der Waals surface area contributed by atoms with Crippen LogP contribution in [0.4, 0.5) is 0 Å². The molecule has 134 valence electrons. The van der Waals surface area contributed by atoms with Crippen LogP contribution in [-0.4, -0.2) is 44.6 Å². The second-order valence-electron chi connectivity index (χ2n) is 7.34. The summed E-state index contributed by atoms with van der Waals surface area (Å²) in [6.45, 7) is 8.60. The fraction of sp³-hybridized carbons (Fsp3) is 0.474. The summed E-state index contributed by atoms with van der Waals surface area (Å²) in [6.07, 6.45) is 0. The van der Waals surface area contributed by atoms with Crippen molar-refractivity contribution in [2.24, 2.45) is 5.41 Å². The van der Waals surface area contributed by atoms with E-state index in [1.54, 1.807) is 11.8 Å². The van der Waals surface area contributed by atoms with Gasteiger partial charge in [-0.1, -0.05) is 32.0 Å². The lowest BCUT2D eigenvalue weighted by Gasteiger charge is -2.32. The molecule has 1 atom stereocenters. The Bertz CT molecular complexity index is 770. The molecule has 1 N–H and O–H groups in total. The molecule has 5 nitrogen and oxygen atoms in total. The van der Waals surface area contributed by atoms with Crippen LogP contribution in [0.5, 0.6) is 0 Å². The highest BCUT2D eigenvalue weighted by molar-refractivity contribution is 8.00. The molecule has 1 aliphatic rings. The first kappa shape index (κ1) is 18.0. The largest absolute Gasteiger partial charge is 0.396 e. The van der Waals surface area contributed by atoms with E-state index in [-0.39, 0.29) is 23.3 Å². The first-order valence-corrected chi connectivity index (χ1v) is 9.52. The maximum absolute atomic E-state index is 12.4. The minimum absolute atomic E-state index is 0.0456. The SMILES string of the molecule is Cc1nn(-c2ccccc2)c(C)c1C1SCC(=O)N1CC(C)(C)CO. The number of hydrogen-bond acceptors (Lipinski definition) is 4. The lowest BCUT2D eigenvalue weighted by Crippen LogP contribution is -2.39. The number of aromatic nitrogens is 2. The zero-order valence-corrected chi connectivity index (χ0v) is 16.0. The number of amides is 1. The van der Waals surface area contributed by atoms with Crippen LogP contribution in [0, 0.1) is 19.3 Å². The number of nitrogens with zero attached hydrogens (tertiary/aromatic N) is 3. The van der Waals surface area contributed by atoms with Gasteiger partial charge in [0.1, 0.15) is 5.37 Å². The number of carbonyl (C=O) groups is 1. The van der Waals surface area contributed by atoms with Crippen molar-refractivity contribution < 1.29 is 9.90 Å². The van der Waals surface area contributed by atoms with Gasteiger partial charge in [0, 0.05) is 29.8 Å². The van der Waals surface area contributed by atoms with E-state index in [0.29, 0.717) is 12.3 Å². The van der Waals surface area contributed by atoms with Crippen LogP contribution < -0.4 is 0 Å². The summed E-state index contributed by atoms with van der Waals surface area (Å²) in [5.41, 5.74) is 3.80. The van der Waals surface area contributed by atoms with Crippen molar-refractivity contribution >= 4 is 17.7 Å². The van der Waals surface area contributed by atoms with Crippen molar-refractivity contribution in [2.75, 3.05) is 18.9 Å². The number of para-hydroxylation sites is 1. The summed E-state index contributed by atoms with van der Waals surface area (Å²) in [6, 6.07) is 10.0. The second kappa shape index (κ2) is 6.84. The average Bonchev–Trinajstić information content (AvgIpc) is 3.08. The number of aliphatic hydroxyl groups excluding tert-OH is 1. The van der Waals surface area contributed by atoms with Crippen LogP contribution in [0.2, 0.25) is 0 Å². The molecule has 1 amide bonds. The van der Waals surface area contributed by atoms with E-state index in [4.69, 9.17) is 5.10 Å². The van der Waals surface area contributed by atoms with Crippen molar-refractivity contribution in [1.82, 2.24) is 14.7 Å². The highest BCUT2D eigenvalue weighted by Gasteiger charge is 2.38. The predicted octanol–water partition coefficient (Wildman–Crippen LogP) is 3.08. The van der Waals surface area contributed by atoms with Gasteiger partial charge < -0.3 is 10.0 Å². The van der Waals surface area contributed by atoms with Gasteiger partial charge in [0.25, 0.3) is 0 Å². The summed E-state index contributed by atoms with van der Waals surface area (Å²) >= 11 is 1.64. The fourth-order valence-corrected chi connectivity index (χ4v) is 4.55. The molecule has 1 fully saturated rings. The minimum atomic E-state index is -0.323. The number of benzene rings is 1. The molecule has 2 heterocycles. The molecule has 6 heteroatoms. The molecule has 0 bridgehead atoms. The van der Waals surface area contributed by atoms with Crippen molar-refractivity contribution in [3.63, 3.8) is 0 Å². The zero-order valence-electron chi connectivity index (χ0n) is 15.2. The maximum Gasteiger partial charge on any atom is 0.233 e. The van der Waals surface area contributed by atoms with E-state index in [9.17, 15) is 9.90 Å². The molecule has 0 radical (unpaired) electrons. The molecule has 0 spiro atoms. The van der Waals surface area contributed by atoms with Crippen molar-refractivity contribution in [1.29, 1.82) is 0 Å². The van der Waals surface area contributed by atoms with Gasteiger partial charge in [0.15, 0.2) is 0 Å². The quantitative estimate of drug-likeness (QED) is 0.891. The van der Waals surface area contributed by atoms with Crippen molar-refractivity contribution in [3.8, 4) is 5.69 Å². The third-order valence-electron chi connectivity index (χ3n) is 4.59. The average molecular weight is 359 g/mol. The predicted molar refractivity (Wildman–Crippen MR) is 101 cm³/mol. The molecule has 25 heavy (non-hydrogen) atoms. The Balaban J connectivity index is 1.98. The van der Waals surface area contributed by atoms with Gasteiger partial charge in [-0.2, -0.15) is 5.10 Å². The van der Waals surface area contributed by atoms with Gasteiger partial charge in [-0.05, 0) is 26.0 Å². The van der Waals surface area contributed by atoms with Crippen molar-refractivity contribution in [2.45, 2.75) is 33.1 Å². The summed E-state index contributed by atoms with van der Waals surface area (Å²) in [5, 5.41) is 14.3. The van der Waals surface area contributed by atoms with E-state index in [1.165, 1.54) is 0 Å². The van der Waals surface area contributed by atoms with Gasteiger partial charge in [-0.15, -0.1) is 11.8 Å². The van der Waals surface area contributed by atoms with Crippen molar-refractivity contribution in [3.05, 3.63) is 47.3 Å². The molecule has 1 aliphatic heterocycles. The molecule has 2 aromatic rings. The summed E-state index contributed by atoms with van der Waals surface area (Å²) in [7, 11) is 0. The molecule has 0 saturated carbocycles. The Morgan fingerprint density at radius 2 is 1.96 bits per heavy atom. The highest BCUT2D eigenvalue weighted by Crippen LogP contribution is 2.43. The maximum atomic E-state index is 12.4. The molecule has 1 aromatic carbocycles. The Kier molecular flexibility index (Phi) is 4.93. The second-order valence-corrected chi connectivity index (χ2v) is 8.41. The first-order valence-electron chi connectivity index (χ1n) is 8.47. The molecule has 1 unspecified atom stereocenters. The van der Waals surface area contributed by atoms with Crippen LogP contribution in [-0.2, 0) is 4.79 Å². The highest BCUT2D eigenvalue weighted by atomic mass is 32.2. The topological polar surface area (TPSA) is 58.4 Å². The summed E-state index contributed by atoms with van der Waals surface area (Å²) in [5.74, 6) is 0.601. The number of aliphatic hydroxyl groups is 1. The van der Waals surface area contributed by atoms with Crippen LogP contribution in [0.3, 0.4) is 0 Å². The zero-order chi connectivity index (χ0) is 18.2. The lowest BCUT2D eigenvalue weighted by molar-refractivity contribution is -0.129. The van der Waals surface area contributed by atoms with Crippen LogP contribution >= 0.6 is 11.8 Å². The van der Waals surface area contributed by atoms with Crippen LogP contribution in [0.1, 0.15) is 36.2 Å². The van der Waals surface area contributed by atoms with Gasteiger partial charge >= 0.3 is 0 Å². The first-order chi connectivity index (χ1) is 11.8. The van der Waals surface area contributed by atoms with Crippen LogP contribution in [0.25, 0.3) is 5.69 Å². The van der Waals surface area contributed by atoms with E-state index >= 15 is 0 Å². The number of aryl methyl sites for hydroxylation is 1. The Labute approximate surface area is 153 Å². The fourth-order valence-electron chi connectivity index (χ4n) is 3.21. The van der Waals surface area contributed by atoms with Gasteiger partial charge in [-0.25, -0.2) is 4.68 Å². The number of carbonyl (C=O) groups excluding carboxylic acids is 1. The molecular weight excluding hydrogens is 334 g/mol. The molecular formula is C19H25N3O2S. The smallest absolute Gasteiger partial charge is 0.233 e. The Hall–Kier alpha value is -1.79.